The lowest BCUT2D eigenvalue weighted by molar-refractivity contribution is -0.110. The van der Waals surface area contributed by atoms with E-state index in [1.807, 2.05) is 6.92 Å². The number of carbonyl (C=O) groups is 1. The van der Waals surface area contributed by atoms with E-state index in [1.165, 1.54) is 0 Å². The molecule has 1 saturated heterocycles. The van der Waals surface area contributed by atoms with Crippen LogP contribution in [0.15, 0.2) is 23.4 Å². The Morgan fingerprint density at radius 3 is 3.09 bits per heavy atom. The summed E-state index contributed by atoms with van der Waals surface area (Å²) in [6, 6.07) is 7.24. The first kappa shape index (κ1) is 14.5. The van der Waals surface area contributed by atoms with Crippen molar-refractivity contribution in [2.24, 2.45) is 5.16 Å². The van der Waals surface area contributed by atoms with Gasteiger partial charge in [0.2, 0.25) is 0 Å². The molecule has 3 rings (SSSR count). The minimum atomic E-state index is -0.357. The van der Waals surface area contributed by atoms with Crippen LogP contribution in [0, 0.1) is 18.3 Å². The average Bonchev–Trinajstić information content (AvgIpc) is 2.93. The lowest BCUT2D eigenvalue weighted by Gasteiger charge is -2.30. The molecule has 6 nitrogen and oxygen atoms in total. The van der Waals surface area contributed by atoms with Gasteiger partial charge in [-0.05, 0) is 50.1 Å². The van der Waals surface area contributed by atoms with Crippen molar-refractivity contribution in [2.75, 3.05) is 18.4 Å². The van der Waals surface area contributed by atoms with Gasteiger partial charge in [-0.1, -0.05) is 5.16 Å². The lowest BCUT2D eigenvalue weighted by Crippen LogP contribution is -2.46. The maximum atomic E-state index is 12.3. The van der Waals surface area contributed by atoms with E-state index in [0.717, 1.165) is 31.5 Å². The van der Waals surface area contributed by atoms with Gasteiger partial charge in [-0.2, -0.15) is 5.26 Å². The molecule has 1 atom stereocenters. The zero-order valence-corrected chi connectivity index (χ0v) is 12.5. The summed E-state index contributed by atoms with van der Waals surface area (Å²) in [5.74, 6) is -0.241. The summed E-state index contributed by atoms with van der Waals surface area (Å²) in [4.78, 5) is 17.9. The van der Waals surface area contributed by atoms with Gasteiger partial charge >= 0.3 is 0 Å². The SMILES string of the molecule is Cc1cc(C#N)ccc1NC(=O)C1=NOC2(CCCNC2)C1. The van der Waals surface area contributed by atoms with Crippen LogP contribution in [0.25, 0.3) is 0 Å². The van der Waals surface area contributed by atoms with Gasteiger partial charge in [0.1, 0.15) is 5.71 Å². The number of amides is 1. The van der Waals surface area contributed by atoms with Crippen molar-refractivity contribution in [2.45, 2.75) is 31.8 Å². The van der Waals surface area contributed by atoms with E-state index in [1.54, 1.807) is 18.2 Å². The number of nitrogens with one attached hydrogen (secondary N) is 2. The van der Waals surface area contributed by atoms with Gasteiger partial charge in [-0.3, -0.25) is 4.79 Å². The molecule has 2 aliphatic rings. The maximum Gasteiger partial charge on any atom is 0.273 e. The highest BCUT2D eigenvalue weighted by atomic mass is 16.7. The summed E-state index contributed by atoms with van der Waals surface area (Å²) in [5, 5.41) is 19.0. The predicted molar refractivity (Wildman–Crippen MR) is 82.5 cm³/mol. The monoisotopic (exact) mass is 298 g/mol. The number of anilines is 1. The summed E-state index contributed by atoms with van der Waals surface area (Å²) in [6.45, 7) is 3.57. The molecule has 0 saturated carbocycles. The first-order chi connectivity index (χ1) is 10.6. The van der Waals surface area contributed by atoms with Crippen LogP contribution in [0.5, 0.6) is 0 Å². The Bertz CT molecular complexity index is 669. The van der Waals surface area contributed by atoms with Gasteiger partial charge < -0.3 is 15.5 Å². The zero-order valence-electron chi connectivity index (χ0n) is 12.5. The van der Waals surface area contributed by atoms with E-state index in [2.05, 4.69) is 21.9 Å². The maximum absolute atomic E-state index is 12.3. The minimum Gasteiger partial charge on any atom is -0.387 e. The van der Waals surface area contributed by atoms with Gasteiger partial charge in [-0.25, -0.2) is 0 Å². The standard InChI is InChI=1S/C16H18N4O2/c1-11-7-12(9-17)3-4-13(11)19-15(21)14-8-16(22-20-14)5-2-6-18-10-16/h3-4,7,18H,2,5-6,8,10H2,1H3,(H,19,21). The molecule has 2 N–H and O–H groups in total. The Kier molecular flexibility index (Phi) is 3.82. The molecule has 1 aromatic carbocycles. The Hall–Kier alpha value is -2.39. The average molecular weight is 298 g/mol. The largest absolute Gasteiger partial charge is 0.387 e. The molecule has 1 fully saturated rings. The topological polar surface area (TPSA) is 86.5 Å². The number of rotatable bonds is 2. The van der Waals surface area contributed by atoms with Crippen LogP contribution < -0.4 is 10.6 Å². The van der Waals surface area contributed by atoms with Crippen molar-refractivity contribution in [1.82, 2.24) is 5.32 Å². The number of hydrogen-bond donors (Lipinski definition) is 2. The van der Waals surface area contributed by atoms with Gasteiger partial charge in [0, 0.05) is 18.7 Å². The molecular formula is C16H18N4O2. The number of piperidine rings is 1. The number of nitrogens with zero attached hydrogens (tertiary/aromatic N) is 2. The van der Waals surface area contributed by atoms with E-state index in [4.69, 9.17) is 10.1 Å². The first-order valence-corrected chi connectivity index (χ1v) is 7.40. The van der Waals surface area contributed by atoms with Gasteiger partial charge in [0.25, 0.3) is 5.91 Å². The second kappa shape index (κ2) is 5.78. The van der Waals surface area contributed by atoms with Crippen LogP contribution in [0.3, 0.4) is 0 Å². The fraction of sp³-hybridized carbons (Fsp3) is 0.438. The molecule has 0 aromatic heterocycles. The summed E-state index contributed by atoms with van der Waals surface area (Å²) in [5.41, 5.74) is 2.18. The zero-order chi connectivity index (χ0) is 15.6. The number of carbonyl (C=O) groups excluding carboxylic acids is 1. The summed E-state index contributed by atoms with van der Waals surface area (Å²) >= 11 is 0. The molecule has 1 amide bonds. The van der Waals surface area contributed by atoms with Crippen molar-refractivity contribution in [3.63, 3.8) is 0 Å². The highest BCUT2D eigenvalue weighted by molar-refractivity contribution is 6.43. The molecule has 0 aliphatic carbocycles. The number of hydrogen-bond acceptors (Lipinski definition) is 5. The highest BCUT2D eigenvalue weighted by Crippen LogP contribution is 2.30. The smallest absolute Gasteiger partial charge is 0.273 e. The van der Waals surface area contributed by atoms with Crippen LogP contribution in [-0.4, -0.2) is 30.3 Å². The van der Waals surface area contributed by atoms with E-state index in [-0.39, 0.29) is 11.5 Å². The van der Waals surface area contributed by atoms with E-state index >= 15 is 0 Å². The Morgan fingerprint density at radius 1 is 1.55 bits per heavy atom. The third-order valence-electron chi connectivity index (χ3n) is 4.14. The van der Waals surface area contributed by atoms with Crippen LogP contribution in [0.1, 0.15) is 30.4 Å². The summed E-state index contributed by atoms with van der Waals surface area (Å²) in [7, 11) is 0. The van der Waals surface area contributed by atoms with Crippen molar-refractivity contribution in [1.29, 1.82) is 5.26 Å². The van der Waals surface area contributed by atoms with Crippen molar-refractivity contribution in [3.8, 4) is 6.07 Å². The summed E-state index contributed by atoms with van der Waals surface area (Å²) in [6.07, 6.45) is 2.47. The number of oxime groups is 1. The molecule has 6 heteroatoms. The molecule has 2 heterocycles. The minimum absolute atomic E-state index is 0.241. The Balaban J connectivity index is 1.67. The Labute approximate surface area is 129 Å². The van der Waals surface area contributed by atoms with Gasteiger partial charge in [0.05, 0.1) is 11.6 Å². The van der Waals surface area contributed by atoms with Crippen LogP contribution >= 0.6 is 0 Å². The third-order valence-corrected chi connectivity index (χ3v) is 4.14. The lowest BCUT2D eigenvalue weighted by atomic mass is 9.89. The van der Waals surface area contributed by atoms with E-state index < -0.39 is 0 Å². The van der Waals surface area contributed by atoms with Crippen molar-refractivity contribution >= 4 is 17.3 Å². The second-order valence-electron chi connectivity index (χ2n) is 5.87. The number of benzene rings is 1. The molecular weight excluding hydrogens is 280 g/mol. The predicted octanol–water partition coefficient (Wildman–Crippen LogP) is 1.70. The molecule has 2 aliphatic heterocycles. The van der Waals surface area contributed by atoms with Crippen LogP contribution in [-0.2, 0) is 9.63 Å². The van der Waals surface area contributed by atoms with E-state index in [9.17, 15) is 4.79 Å². The molecule has 0 radical (unpaired) electrons. The molecule has 1 unspecified atom stereocenters. The van der Waals surface area contributed by atoms with Crippen molar-refractivity contribution in [3.05, 3.63) is 29.3 Å². The fourth-order valence-corrected chi connectivity index (χ4v) is 2.88. The number of aryl methyl sites for hydroxylation is 1. The molecule has 114 valence electrons. The second-order valence-corrected chi connectivity index (χ2v) is 5.87. The van der Waals surface area contributed by atoms with Gasteiger partial charge in [0.15, 0.2) is 5.60 Å². The quantitative estimate of drug-likeness (QED) is 0.870. The fourth-order valence-electron chi connectivity index (χ4n) is 2.88. The normalized spacial score (nSPS) is 23.5. The van der Waals surface area contributed by atoms with E-state index in [0.29, 0.717) is 23.4 Å². The molecule has 22 heavy (non-hydrogen) atoms. The van der Waals surface area contributed by atoms with Gasteiger partial charge in [-0.15, -0.1) is 0 Å². The van der Waals surface area contributed by atoms with Crippen LogP contribution in [0.2, 0.25) is 0 Å². The van der Waals surface area contributed by atoms with Crippen molar-refractivity contribution < 1.29 is 9.63 Å². The highest BCUT2D eigenvalue weighted by Gasteiger charge is 2.42. The number of nitriles is 1. The first-order valence-electron chi connectivity index (χ1n) is 7.40. The van der Waals surface area contributed by atoms with Crippen LogP contribution in [0.4, 0.5) is 5.69 Å². The molecule has 1 aromatic rings. The molecule has 1 spiro atoms. The third kappa shape index (κ3) is 2.81. The summed E-state index contributed by atoms with van der Waals surface area (Å²) < 4.78 is 0. The molecule has 0 bridgehead atoms. The Morgan fingerprint density at radius 2 is 2.41 bits per heavy atom.